The van der Waals surface area contributed by atoms with Crippen molar-refractivity contribution in [3.8, 4) is 5.75 Å². The molecule has 6 nitrogen and oxygen atoms in total. The van der Waals surface area contributed by atoms with Crippen LogP contribution in [-0.2, 0) is 0 Å². The molecule has 148 valence electrons. The second-order valence-electron chi connectivity index (χ2n) is 6.35. The number of hydrogen-bond acceptors (Lipinski definition) is 4. The van der Waals surface area contributed by atoms with Gasteiger partial charge in [-0.05, 0) is 31.3 Å². The van der Waals surface area contributed by atoms with Crippen LogP contribution in [0.25, 0.3) is 0 Å². The van der Waals surface area contributed by atoms with Crippen LogP contribution in [0.3, 0.4) is 0 Å². The second kappa shape index (κ2) is 10.6. The van der Waals surface area contributed by atoms with E-state index in [2.05, 4.69) is 35.1 Å². The van der Waals surface area contributed by atoms with Gasteiger partial charge in [-0.1, -0.05) is 32.0 Å². The van der Waals surface area contributed by atoms with Gasteiger partial charge >= 0.3 is 0 Å². The van der Waals surface area contributed by atoms with Gasteiger partial charge < -0.3 is 20.2 Å². The van der Waals surface area contributed by atoms with Crippen LogP contribution in [0, 0.1) is 0 Å². The summed E-state index contributed by atoms with van der Waals surface area (Å²) in [5, 5.41) is 3.35. The highest BCUT2D eigenvalue weighted by atomic mass is 127. The van der Waals surface area contributed by atoms with Crippen molar-refractivity contribution >= 4 is 29.9 Å². The number of benzene rings is 1. The van der Waals surface area contributed by atoms with Crippen molar-refractivity contribution in [2.45, 2.75) is 32.4 Å². The van der Waals surface area contributed by atoms with E-state index >= 15 is 0 Å². The molecule has 3 N–H and O–H groups in total. The van der Waals surface area contributed by atoms with E-state index in [4.69, 9.17) is 14.9 Å². The number of nitrogens with one attached hydrogen (secondary N) is 1. The van der Waals surface area contributed by atoms with Gasteiger partial charge in [0.15, 0.2) is 5.96 Å². The molecule has 2 heterocycles. The number of para-hydroxylation sites is 1. The molecular formula is C20H29IN4O2. The van der Waals surface area contributed by atoms with E-state index in [1.165, 1.54) is 0 Å². The summed E-state index contributed by atoms with van der Waals surface area (Å²) < 4.78 is 11.3. The highest BCUT2D eigenvalue weighted by Gasteiger charge is 2.23. The van der Waals surface area contributed by atoms with Crippen LogP contribution in [0.4, 0.5) is 0 Å². The Morgan fingerprint density at radius 2 is 2.04 bits per heavy atom. The van der Waals surface area contributed by atoms with Crippen LogP contribution in [0.15, 0.2) is 52.1 Å². The Hall–Kier alpha value is -1.74. The number of hydrogen-bond donors (Lipinski definition) is 2. The first-order valence-electron chi connectivity index (χ1n) is 9.28. The monoisotopic (exact) mass is 484 g/mol. The van der Waals surface area contributed by atoms with Gasteiger partial charge in [0.1, 0.15) is 11.5 Å². The predicted molar refractivity (Wildman–Crippen MR) is 119 cm³/mol. The largest absolute Gasteiger partial charge is 0.493 e. The van der Waals surface area contributed by atoms with Gasteiger partial charge in [0.05, 0.1) is 31.5 Å². The Balaban J connectivity index is 0.00000261. The van der Waals surface area contributed by atoms with E-state index in [1.807, 2.05) is 30.3 Å². The fourth-order valence-corrected chi connectivity index (χ4v) is 3.43. The zero-order valence-corrected chi connectivity index (χ0v) is 18.3. The third-order valence-corrected chi connectivity index (χ3v) is 4.84. The topological polar surface area (TPSA) is 76.0 Å². The van der Waals surface area contributed by atoms with Crippen LogP contribution in [0.2, 0.25) is 0 Å². The van der Waals surface area contributed by atoms with Crippen LogP contribution in [0.5, 0.6) is 5.75 Å². The lowest BCUT2D eigenvalue weighted by Crippen LogP contribution is -2.38. The summed E-state index contributed by atoms with van der Waals surface area (Å²) in [5.41, 5.74) is 7.32. The van der Waals surface area contributed by atoms with Crippen LogP contribution in [0.1, 0.15) is 43.7 Å². The fraction of sp³-hybridized carbons (Fsp3) is 0.450. The first-order chi connectivity index (χ1) is 12.7. The van der Waals surface area contributed by atoms with Gasteiger partial charge in [0.2, 0.25) is 0 Å². The lowest BCUT2D eigenvalue weighted by molar-refractivity contribution is 0.198. The Morgan fingerprint density at radius 3 is 2.74 bits per heavy atom. The molecule has 0 aliphatic carbocycles. The Labute approximate surface area is 178 Å². The first-order valence-corrected chi connectivity index (χ1v) is 9.28. The number of furan rings is 1. The molecule has 1 aliphatic rings. The van der Waals surface area contributed by atoms with E-state index < -0.39 is 0 Å². The molecule has 0 saturated heterocycles. The molecular weight excluding hydrogens is 455 g/mol. The zero-order valence-electron chi connectivity index (χ0n) is 15.9. The SMILES string of the molecule is CCN(CC)C(CN=C(N)NC1CCOc2ccccc21)c1ccco1.I. The molecule has 1 aromatic carbocycles. The minimum atomic E-state index is 0. The molecule has 0 amide bonds. The number of fused-ring (bicyclic) bond motifs is 1. The number of rotatable bonds is 7. The Morgan fingerprint density at radius 1 is 1.26 bits per heavy atom. The quantitative estimate of drug-likeness (QED) is 0.356. The van der Waals surface area contributed by atoms with E-state index in [0.717, 1.165) is 36.6 Å². The third-order valence-electron chi connectivity index (χ3n) is 4.84. The average molecular weight is 484 g/mol. The van der Waals surface area contributed by atoms with Gasteiger partial charge in [0, 0.05) is 12.0 Å². The van der Waals surface area contributed by atoms with Gasteiger partial charge in [0.25, 0.3) is 0 Å². The highest BCUT2D eigenvalue weighted by Crippen LogP contribution is 2.31. The number of ether oxygens (including phenoxy) is 1. The van der Waals surface area contributed by atoms with Crippen molar-refractivity contribution in [2.24, 2.45) is 10.7 Å². The number of guanidine groups is 1. The lowest BCUT2D eigenvalue weighted by Gasteiger charge is -2.28. The Kier molecular flexibility index (Phi) is 8.43. The Bertz CT molecular complexity index is 717. The number of aliphatic imine (C=N–C) groups is 1. The summed E-state index contributed by atoms with van der Waals surface area (Å²) >= 11 is 0. The fourth-order valence-electron chi connectivity index (χ4n) is 3.43. The summed E-state index contributed by atoms with van der Waals surface area (Å²) in [7, 11) is 0. The molecule has 0 spiro atoms. The van der Waals surface area contributed by atoms with Crippen molar-refractivity contribution < 1.29 is 9.15 Å². The summed E-state index contributed by atoms with van der Waals surface area (Å²) in [5.74, 6) is 2.29. The van der Waals surface area contributed by atoms with E-state index in [9.17, 15) is 0 Å². The molecule has 0 bridgehead atoms. The summed E-state index contributed by atoms with van der Waals surface area (Å²) in [6, 6.07) is 12.2. The van der Waals surface area contributed by atoms with Gasteiger partial charge in [-0.15, -0.1) is 24.0 Å². The van der Waals surface area contributed by atoms with Gasteiger partial charge in [-0.25, -0.2) is 0 Å². The van der Waals surface area contributed by atoms with Crippen molar-refractivity contribution in [1.82, 2.24) is 10.2 Å². The lowest BCUT2D eigenvalue weighted by atomic mass is 10.0. The zero-order chi connectivity index (χ0) is 18.4. The first kappa shape index (κ1) is 21.6. The minimum absolute atomic E-state index is 0. The van der Waals surface area contributed by atoms with Gasteiger partial charge in [-0.3, -0.25) is 9.89 Å². The molecule has 0 radical (unpaired) electrons. The van der Waals surface area contributed by atoms with Crippen LogP contribution >= 0.6 is 24.0 Å². The minimum Gasteiger partial charge on any atom is -0.493 e. The smallest absolute Gasteiger partial charge is 0.189 e. The maximum Gasteiger partial charge on any atom is 0.189 e. The molecule has 7 heteroatoms. The molecule has 0 fully saturated rings. The molecule has 2 atom stereocenters. The molecule has 1 aliphatic heterocycles. The normalized spacial score (nSPS) is 17.6. The number of halogens is 1. The summed E-state index contributed by atoms with van der Waals surface area (Å²) in [4.78, 5) is 6.92. The summed E-state index contributed by atoms with van der Waals surface area (Å²) in [6.45, 7) is 7.37. The number of likely N-dealkylation sites (N-methyl/N-ethyl adjacent to an activating group) is 1. The standard InChI is InChI=1S/C20H28N4O2.HI/c1-3-24(4-2)17(19-10-7-12-25-19)14-22-20(21)23-16-11-13-26-18-9-6-5-8-15(16)18;/h5-10,12,16-17H,3-4,11,13-14H2,1-2H3,(H3,21,22,23);1H. The maximum atomic E-state index is 6.20. The molecule has 2 aromatic rings. The second-order valence-corrected chi connectivity index (χ2v) is 6.35. The van der Waals surface area contributed by atoms with E-state index in [-0.39, 0.29) is 36.1 Å². The number of nitrogens with zero attached hydrogens (tertiary/aromatic N) is 2. The third kappa shape index (κ3) is 5.38. The van der Waals surface area contributed by atoms with Gasteiger partial charge in [-0.2, -0.15) is 0 Å². The molecule has 1 aromatic heterocycles. The number of nitrogens with two attached hydrogens (primary N) is 1. The van der Waals surface area contributed by atoms with Crippen molar-refractivity contribution in [2.75, 3.05) is 26.2 Å². The van der Waals surface area contributed by atoms with Crippen molar-refractivity contribution in [1.29, 1.82) is 0 Å². The molecule has 2 unspecified atom stereocenters. The molecule has 27 heavy (non-hydrogen) atoms. The molecule has 3 rings (SSSR count). The van der Waals surface area contributed by atoms with E-state index in [0.29, 0.717) is 19.1 Å². The highest BCUT2D eigenvalue weighted by molar-refractivity contribution is 14.0. The maximum absolute atomic E-state index is 6.20. The predicted octanol–water partition coefficient (Wildman–Crippen LogP) is 3.71. The average Bonchev–Trinajstić information content (AvgIpc) is 3.20. The van der Waals surface area contributed by atoms with Crippen molar-refractivity contribution in [3.05, 3.63) is 54.0 Å². The van der Waals surface area contributed by atoms with E-state index in [1.54, 1.807) is 6.26 Å². The summed E-state index contributed by atoms with van der Waals surface area (Å²) in [6.07, 6.45) is 2.57. The van der Waals surface area contributed by atoms with Crippen LogP contribution in [-0.4, -0.2) is 37.1 Å². The molecule has 0 saturated carbocycles. The van der Waals surface area contributed by atoms with Crippen molar-refractivity contribution in [3.63, 3.8) is 0 Å². The van der Waals surface area contributed by atoms with Crippen LogP contribution < -0.4 is 15.8 Å².